The van der Waals surface area contributed by atoms with E-state index in [1.165, 1.54) is 18.4 Å². The van der Waals surface area contributed by atoms with Crippen LogP contribution in [-0.4, -0.2) is 35.1 Å². The van der Waals surface area contributed by atoms with E-state index in [4.69, 9.17) is 9.97 Å². The molecule has 1 atom stereocenters. The Morgan fingerprint density at radius 2 is 1.96 bits per heavy atom. The molecule has 0 amide bonds. The quantitative estimate of drug-likeness (QED) is 0.940. The van der Waals surface area contributed by atoms with Gasteiger partial charge in [0.25, 0.3) is 0 Å². The molecule has 0 bridgehead atoms. The summed E-state index contributed by atoms with van der Waals surface area (Å²) >= 11 is 0. The zero-order valence-corrected chi connectivity index (χ0v) is 14.8. The summed E-state index contributed by atoms with van der Waals surface area (Å²) in [7, 11) is 0. The molecule has 1 fully saturated rings. The van der Waals surface area contributed by atoms with Crippen LogP contribution in [0.15, 0.2) is 18.2 Å². The maximum absolute atomic E-state index is 4.84. The van der Waals surface area contributed by atoms with E-state index in [1.807, 2.05) is 0 Å². The van der Waals surface area contributed by atoms with Crippen LogP contribution in [0, 0.1) is 13.8 Å². The minimum Gasteiger partial charge on any atom is -0.341 e. The topological polar surface area (TPSA) is 41.1 Å². The lowest BCUT2D eigenvalue weighted by Gasteiger charge is -2.22. The number of hydrogen-bond acceptors (Lipinski definition) is 4. The summed E-state index contributed by atoms with van der Waals surface area (Å²) in [6.07, 6.45) is 3.59. The number of hydrogen-bond donors (Lipinski definition) is 1. The zero-order valence-electron chi connectivity index (χ0n) is 14.8. The Bertz CT molecular complexity index is 680. The van der Waals surface area contributed by atoms with Gasteiger partial charge in [0.05, 0.1) is 11.2 Å². The van der Waals surface area contributed by atoms with E-state index in [1.54, 1.807) is 0 Å². The summed E-state index contributed by atoms with van der Waals surface area (Å²) in [6.45, 7) is 10.7. The normalized spacial score (nSPS) is 19.3. The van der Waals surface area contributed by atoms with Crippen molar-refractivity contribution in [2.24, 2.45) is 0 Å². The Labute approximate surface area is 139 Å². The number of fused-ring (bicyclic) bond motifs is 1. The first-order valence-corrected chi connectivity index (χ1v) is 8.79. The first-order valence-electron chi connectivity index (χ1n) is 8.79. The summed E-state index contributed by atoms with van der Waals surface area (Å²) in [5, 5.41) is 4.84. The Morgan fingerprint density at radius 1 is 1.13 bits per heavy atom. The maximum atomic E-state index is 4.84. The first-order chi connectivity index (χ1) is 11.0. The second-order valence-corrected chi connectivity index (χ2v) is 7.07. The van der Waals surface area contributed by atoms with E-state index in [2.05, 4.69) is 56.1 Å². The molecule has 0 spiro atoms. The second-order valence-electron chi connectivity index (χ2n) is 7.07. The van der Waals surface area contributed by atoms with E-state index < -0.39 is 0 Å². The van der Waals surface area contributed by atoms with Gasteiger partial charge < -0.3 is 10.2 Å². The van der Waals surface area contributed by atoms with Crippen molar-refractivity contribution < 1.29 is 0 Å². The van der Waals surface area contributed by atoms with Crippen LogP contribution in [0.5, 0.6) is 0 Å². The van der Waals surface area contributed by atoms with Crippen LogP contribution in [0.2, 0.25) is 0 Å². The molecular weight excluding hydrogens is 284 g/mol. The molecule has 3 rings (SSSR count). The number of nitrogens with one attached hydrogen (secondary N) is 1. The highest BCUT2D eigenvalue weighted by atomic mass is 15.3. The molecule has 1 aliphatic heterocycles. The average molecular weight is 312 g/mol. The largest absolute Gasteiger partial charge is 0.341 e. The van der Waals surface area contributed by atoms with Crippen LogP contribution in [0.3, 0.4) is 0 Å². The molecule has 0 radical (unpaired) electrons. The van der Waals surface area contributed by atoms with Crippen molar-refractivity contribution >= 4 is 16.9 Å². The first kappa shape index (κ1) is 16.2. The Kier molecular flexibility index (Phi) is 4.81. The lowest BCUT2D eigenvalue weighted by Crippen LogP contribution is -2.35. The lowest BCUT2D eigenvalue weighted by atomic mass is 10.1. The zero-order chi connectivity index (χ0) is 16.4. The molecule has 4 nitrogen and oxygen atoms in total. The van der Waals surface area contributed by atoms with E-state index in [0.717, 1.165) is 42.1 Å². The lowest BCUT2D eigenvalue weighted by molar-refractivity contribution is 0.430. The van der Waals surface area contributed by atoms with Crippen LogP contribution in [0.1, 0.15) is 44.4 Å². The van der Waals surface area contributed by atoms with Crippen molar-refractivity contribution in [1.29, 1.82) is 0 Å². The maximum Gasteiger partial charge on any atom is 0.226 e. The monoisotopic (exact) mass is 312 g/mol. The molecule has 4 heteroatoms. The number of anilines is 1. The number of rotatable bonds is 3. The van der Waals surface area contributed by atoms with E-state index in [9.17, 15) is 0 Å². The van der Waals surface area contributed by atoms with Crippen molar-refractivity contribution in [3.8, 4) is 0 Å². The van der Waals surface area contributed by atoms with E-state index >= 15 is 0 Å². The van der Waals surface area contributed by atoms with Crippen LogP contribution >= 0.6 is 0 Å². The van der Waals surface area contributed by atoms with E-state index in [-0.39, 0.29) is 0 Å². The van der Waals surface area contributed by atoms with Crippen LogP contribution < -0.4 is 10.2 Å². The third-order valence-electron chi connectivity index (χ3n) is 4.61. The highest BCUT2D eigenvalue weighted by Crippen LogP contribution is 2.22. The molecular formula is C19H28N4. The molecule has 124 valence electrons. The van der Waals surface area contributed by atoms with Gasteiger partial charge in [0.1, 0.15) is 0 Å². The van der Waals surface area contributed by atoms with Crippen molar-refractivity contribution in [1.82, 2.24) is 15.3 Å². The second kappa shape index (κ2) is 6.83. The molecule has 1 unspecified atom stereocenters. The fraction of sp³-hybridized carbons (Fsp3) is 0.579. The molecule has 23 heavy (non-hydrogen) atoms. The van der Waals surface area contributed by atoms with Gasteiger partial charge in [-0.25, -0.2) is 9.97 Å². The Balaban J connectivity index is 1.82. The SMILES string of the molecule is Cc1ccc2c(C)nc(N3CCCC(NC(C)C)CC3)nc2c1. The minimum absolute atomic E-state index is 0.550. The molecule has 2 heterocycles. The summed E-state index contributed by atoms with van der Waals surface area (Å²) in [5.41, 5.74) is 3.39. The van der Waals surface area contributed by atoms with E-state index in [0.29, 0.717) is 12.1 Å². The van der Waals surface area contributed by atoms with Gasteiger partial charge in [-0.05, 0) is 44.7 Å². The summed E-state index contributed by atoms with van der Waals surface area (Å²) < 4.78 is 0. The average Bonchev–Trinajstić information content (AvgIpc) is 2.71. The fourth-order valence-electron chi connectivity index (χ4n) is 3.46. The number of nitrogens with zero attached hydrogens (tertiary/aromatic N) is 3. The molecule has 1 N–H and O–H groups in total. The third kappa shape index (κ3) is 3.81. The van der Waals surface area contributed by atoms with Gasteiger partial charge in [-0.15, -0.1) is 0 Å². The predicted molar refractivity (Wildman–Crippen MR) is 97.1 cm³/mol. The summed E-state index contributed by atoms with van der Waals surface area (Å²) in [4.78, 5) is 12.0. The molecule has 0 saturated carbocycles. The van der Waals surface area contributed by atoms with Gasteiger partial charge >= 0.3 is 0 Å². The number of aryl methyl sites for hydroxylation is 2. The Morgan fingerprint density at radius 3 is 2.74 bits per heavy atom. The van der Waals surface area contributed by atoms with Crippen molar-refractivity contribution in [2.75, 3.05) is 18.0 Å². The van der Waals surface area contributed by atoms with Gasteiger partial charge in [0.15, 0.2) is 0 Å². The molecule has 1 aromatic carbocycles. The van der Waals surface area contributed by atoms with Gasteiger partial charge in [-0.2, -0.15) is 0 Å². The highest BCUT2D eigenvalue weighted by Gasteiger charge is 2.19. The van der Waals surface area contributed by atoms with Crippen LogP contribution in [-0.2, 0) is 0 Å². The summed E-state index contributed by atoms with van der Waals surface area (Å²) in [6, 6.07) is 7.59. The molecule has 1 saturated heterocycles. The number of benzene rings is 1. The summed E-state index contributed by atoms with van der Waals surface area (Å²) in [5.74, 6) is 0.894. The van der Waals surface area contributed by atoms with Gasteiger partial charge in [0.2, 0.25) is 5.95 Å². The molecule has 1 aliphatic rings. The third-order valence-corrected chi connectivity index (χ3v) is 4.61. The van der Waals surface area contributed by atoms with Crippen LogP contribution in [0.25, 0.3) is 10.9 Å². The highest BCUT2D eigenvalue weighted by molar-refractivity contribution is 5.82. The smallest absolute Gasteiger partial charge is 0.226 e. The van der Waals surface area contributed by atoms with Crippen molar-refractivity contribution in [3.63, 3.8) is 0 Å². The van der Waals surface area contributed by atoms with Crippen molar-refractivity contribution in [2.45, 2.75) is 59.0 Å². The minimum atomic E-state index is 0.550. The predicted octanol–water partition coefficient (Wildman–Crippen LogP) is 3.60. The molecule has 1 aromatic heterocycles. The fourth-order valence-corrected chi connectivity index (χ4v) is 3.46. The van der Waals surface area contributed by atoms with Gasteiger partial charge in [-0.3, -0.25) is 0 Å². The van der Waals surface area contributed by atoms with Gasteiger partial charge in [-0.1, -0.05) is 26.0 Å². The molecule has 2 aromatic rings. The van der Waals surface area contributed by atoms with Gasteiger partial charge in [0, 0.05) is 30.6 Å². The molecule has 0 aliphatic carbocycles. The number of aromatic nitrogens is 2. The van der Waals surface area contributed by atoms with Crippen molar-refractivity contribution in [3.05, 3.63) is 29.5 Å². The standard InChI is InChI=1S/C19H28N4/c1-13(2)20-16-6-5-10-23(11-9-16)19-21-15(4)17-8-7-14(3)12-18(17)22-19/h7-8,12-13,16,20H,5-6,9-11H2,1-4H3. The van der Waals surface area contributed by atoms with Crippen LogP contribution in [0.4, 0.5) is 5.95 Å². The Hall–Kier alpha value is -1.68.